The Labute approximate surface area is 163 Å². The number of nitrogens with one attached hydrogen (secondary N) is 1. The molecule has 2 aromatic rings. The fourth-order valence-corrected chi connectivity index (χ4v) is 3.14. The molecule has 1 aromatic carbocycles. The summed E-state index contributed by atoms with van der Waals surface area (Å²) in [5, 5.41) is 2.11. The summed E-state index contributed by atoms with van der Waals surface area (Å²) < 4.78 is 43.8. The van der Waals surface area contributed by atoms with Gasteiger partial charge in [-0.2, -0.15) is 13.2 Å². The van der Waals surface area contributed by atoms with Crippen molar-refractivity contribution in [2.45, 2.75) is 39.0 Å². The number of ether oxygens (including phenoxy) is 1. The standard InChI is InChI=1S/C19H18F3NO4S/c1-11-7-9-16(28-11)15(24)8-10-17(25)27-12(2)18(26)23-14-6-4-3-5-13(14)19(20,21)22/h3-7,9,12H,8,10H2,1-2H3,(H,23,26)/t12-/m0/s1. The highest BCUT2D eigenvalue weighted by atomic mass is 32.1. The minimum atomic E-state index is -4.63. The number of carbonyl (C=O) groups is 3. The largest absolute Gasteiger partial charge is 0.453 e. The van der Waals surface area contributed by atoms with Crippen LogP contribution in [0, 0.1) is 6.92 Å². The number of esters is 1. The lowest BCUT2D eigenvalue weighted by Gasteiger charge is -2.16. The smallest absolute Gasteiger partial charge is 0.418 e. The summed E-state index contributed by atoms with van der Waals surface area (Å²) in [6, 6.07) is 7.96. The number of benzene rings is 1. The number of Topliss-reactive ketones (excluding diaryl/α,β-unsaturated/α-hetero) is 1. The summed E-state index contributed by atoms with van der Waals surface area (Å²) >= 11 is 1.31. The van der Waals surface area contributed by atoms with Gasteiger partial charge < -0.3 is 10.1 Å². The number of thiophene rings is 1. The predicted octanol–water partition coefficient (Wildman–Crippen LogP) is 4.61. The van der Waals surface area contributed by atoms with Gasteiger partial charge in [-0.3, -0.25) is 14.4 Å². The topological polar surface area (TPSA) is 72.5 Å². The second-order valence-electron chi connectivity index (χ2n) is 6.00. The Balaban J connectivity index is 1.88. The lowest BCUT2D eigenvalue weighted by atomic mass is 10.1. The van der Waals surface area contributed by atoms with Crippen LogP contribution in [0.5, 0.6) is 0 Å². The van der Waals surface area contributed by atoms with Crippen molar-refractivity contribution in [2.24, 2.45) is 0 Å². The van der Waals surface area contributed by atoms with E-state index in [4.69, 9.17) is 4.74 Å². The molecule has 0 aliphatic rings. The molecule has 1 N–H and O–H groups in total. The maximum absolute atomic E-state index is 13.0. The second kappa shape index (κ2) is 9.01. The van der Waals surface area contributed by atoms with E-state index in [0.29, 0.717) is 4.88 Å². The zero-order valence-corrected chi connectivity index (χ0v) is 15.9. The third-order valence-electron chi connectivity index (χ3n) is 3.74. The van der Waals surface area contributed by atoms with E-state index in [1.165, 1.54) is 30.4 Å². The van der Waals surface area contributed by atoms with Crippen molar-refractivity contribution in [3.63, 3.8) is 0 Å². The summed E-state index contributed by atoms with van der Waals surface area (Å²) in [6.07, 6.45) is -6.26. The Morgan fingerprint density at radius 1 is 1.11 bits per heavy atom. The fraction of sp³-hybridized carbons (Fsp3) is 0.316. The zero-order chi connectivity index (χ0) is 20.9. The van der Waals surface area contributed by atoms with Crippen molar-refractivity contribution in [1.29, 1.82) is 0 Å². The first-order valence-corrected chi connectivity index (χ1v) is 9.16. The van der Waals surface area contributed by atoms with Crippen molar-refractivity contribution in [3.05, 3.63) is 51.7 Å². The predicted molar refractivity (Wildman–Crippen MR) is 98.2 cm³/mol. The van der Waals surface area contributed by atoms with Crippen molar-refractivity contribution < 1.29 is 32.3 Å². The number of carbonyl (C=O) groups excluding carboxylic acids is 3. The van der Waals surface area contributed by atoms with Crippen molar-refractivity contribution in [2.75, 3.05) is 5.32 Å². The zero-order valence-electron chi connectivity index (χ0n) is 15.1. The molecule has 1 heterocycles. The van der Waals surface area contributed by atoms with Crippen LogP contribution in [0.15, 0.2) is 36.4 Å². The van der Waals surface area contributed by atoms with Gasteiger partial charge in [0.05, 0.1) is 22.5 Å². The Morgan fingerprint density at radius 2 is 1.79 bits per heavy atom. The summed E-state index contributed by atoms with van der Waals surface area (Å²) in [6.45, 7) is 3.10. The van der Waals surface area contributed by atoms with E-state index in [9.17, 15) is 27.6 Å². The lowest BCUT2D eigenvalue weighted by Crippen LogP contribution is -2.30. The van der Waals surface area contributed by atoms with Crippen LogP contribution in [0.1, 0.15) is 39.9 Å². The lowest BCUT2D eigenvalue weighted by molar-refractivity contribution is -0.153. The fourth-order valence-electron chi connectivity index (χ4n) is 2.31. The number of halogens is 3. The Kier molecular flexibility index (Phi) is 6.95. The summed E-state index contributed by atoms with van der Waals surface area (Å²) in [4.78, 5) is 37.4. The van der Waals surface area contributed by atoms with Crippen molar-refractivity contribution in [1.82, 2.24) is 0 Å². The number of rotatable bonds is 7. The van der Waals surface area contributed by atoms with Gasteiger partial charge in [0.1, 0.15) is 0 Å². The normalized spacial score (nSPS) is 12.3. The quantitative estimate of drug-likeness (QED) is 0.532. The molecule has 0 saturated heterocycles. The first-order valence-electron chi connectivity index (χ1n) is 8.34. The third-order valence-corrected chi connectivity index (χ3v) is 4.78. The number of ketones is 1. The van der Waals surface area contributed by atoms with Gasteiger partial charge in [-0.25, -0.2) is 0 Å². The second-order valence-corrected chi connectivity index (χ2v) is 7.29. The van der Waals surface area contributed by atoms with Crippen LogP contribution in [-0.4, -0.2) is 23.8 Å². The number of hydrogen-bond donors (Lipinski definition) is 1. The van der Waals surface area contributed by atoms with Crippen LogP contribution in [0.2, 0.25) is 0 Å². The van der Waals surface area contributed by atoms with Crippen LogP contribution >= 0.6 is 11.3 Å². The van der Waals surface area contributed by atoms with Gasteiger partial charge in [0.2, 0.25) is 0 Å². The Hall–Kier alpha value is -2.68. The third kappa shape index (κ3) is 5.91. The van der Waals surface area contributed by atoms with Gasteiger partial charge >= 0.3 is 12.1 Å². The Bertz CT molecular complexity index is 876. The Morgan fingerprint density at radius 3 is 2.39 bits per heavy atom. The van der Waals surface area contributed by atoms with E-state index in [0.717, 1.165) is 17.0 Å². The summed E-state index contributed by atoms with van der Waals surface area (Å²) in [5.74, 6) is -1.90. The van der Waals surface area contributed by atoms with Gasteiger partial charge in [0, 0.05) is 11.3 Å². The van der Waals surface area contributed by atoms with Crippen molar-refractivity contribution in [3.8, 4) is 0 Å². The average molecular weight is 413 g/mol. The highest BCUT2D eigenvalue weighted by Gasteiger charge is 2.34. The van der Waals surface area contributed by atoms with Crippen LogP contribution in [0.4, 0.5) is 18.9 Å². The van der Waals surface area contributed by atoms with Gasteiger partial charge in [-0.05, 0) is 38.1 Å². The molecular weight excluding hydrogens is 395 g/mol. The van der Waals surface area contributed by atoms with Gasteiger partial charge in [-0.1, -0.05) is 12.1 Å². The first-order chi connectivity index (χ1) is 13.1. The number of amides is 1. The number of aryl methyl sites for hydroxylation is 1. The molecular formula is C19H18F3NO4S. The van der Waals surface area contributed by atoms with Crippen molar-refractivity contribution >= 4 is 34.7 Å². The monoisotopic (exact) mass is 413 g/mol. The SMILES string of the molecule is Cc1ccc(C(=O)CCC(=O)O[C@@H](C)C(=O)Nc2ccccc2C(F)(F)F)s1. The van der Waals surface area contributed by atoms with Crippen LogP contribution in [-0.2, 0) is 20.5 Å². The molecule has 1 atom stereocenters. The highest BCUT2D eigenvalue weighted by Crippen LogP contribution is 2.34. The molecule has 0 unspecified atom stereocenters. The van der Waals surface area contributed by atoms with E-state index in [1.54, 1.807) is 12.1 Å². The molecule has 1 aromatic heterocycles. The van der Waals surface area contributed by atoms with E-state index in [-0.39, 0.29) is 18.6 Å². The summed E-state index contributed by atoms with van der Waals surface area (Å²) in [5.41, 5.74) is -1.43. The molecule has 0 bridgehead atoms. The number of para-hydroxylation sites is 1. The number of anilines is 1. The molecule has 1 amide bonds. The first kappa shape index (κ1) is 21.6. The van der Waals surface area contributed by atoms with E-state index in [2.05, 4.69) is 5.32 Å². The molecule has 150 valence electrons. The molecule has 0 spiro atoms. The van der Waals surface area contributed by atoms with E-state index in [1.807, 2.05) is 6.92 Å². The molecule has 5 nitrogen and oxygen atoms in total. The van der Waals surface area contributed by atoms with E-state index < -0.39 is 35.4 Å². The molecule has 0 fully saturated rings. The van der Waals surface area contributed by atoms with Crippen LogP contribution < -0.4 is 5.32 Å². The molecule has 28 heavy (non-hydrogen) atoms. The molecule has 0 aliphatic carbocycles. The molecule has 0 saturated carbocycles. The number of hydrogen-bond acceptors (Lipinski definition) is 5. The average Bonchev–Trinajstić information content (AvgIpc) is 3.05. The van der Waals surface area contributed by atoms with E-state index >= 15 is 0 Å². The van der Waals surface area contributed by atoms with Gasteiger partial charge in [0.15, 0.2) is 11.9 Å². The number of alkyl halides is 3. The maximum atomic E-state index is 13.0. The molecule has 0 aliphatic heterocycles. The van der Waals surface area contributed by atoms with Crippen LogP contribution in [0.3, 0.4) is 0 Å². The van der Waals surface area contributed by atoms with Gasteiger partial charge in [0.25, 0.3) is 5.91 Å². The molecule has 9 heteroatoms. The minimum Gasteiger partial charge on any atom is -0.453 e. The van der Waals surface area contributed by atoms with Crippen LogP contribution in [0.25, 0.3) is 0 Å². The maximum Gasteiger partial charge on any atom is 0.418 e. The van der Waals surface area contributed by atoms with Gasteiger partial charge in [-0.15, -0.1) is 11.3 Å². The minimum absolute atomic E-state index is 0.0793. The molecule has 0 radical (unpaired) electrons. The summed E-state index contributed by atoms with van der Waals surface area (Å²) in [7, 11) is 0. The molecule has 2 rings (SSSR count). The highest BCUT2D eigenvalue weighted by molar-refractivity contribution is 7.14.